The van der Waals surface area contributed by atoms with Gasteiger partial charge in [0.1, 0.15) is 19.3 Å². The standard InChI is InChI=1S/C23H18F2N4O4.2CH4/c24-15-6-3-5-14-19(16-7-4-8-18(25)26-16)29-13-27(10-1-2-12-33-22(14)15)23(32)20-21(31)17(30)9-11-28(20)29;;/h1-9,11,19,31H,10,12-13H2;2*1H4/b2-1-;;/t19-;;/m1../s1. The molecule has 2 aromatic heterocycles. The van der Waals surface area contributed by atoms with Crippen molar-refractivity contribution in [2.24, 2.45) is 0 Å². The number of pyridine rings is 2. The number of aromatic hydroxyl groups is 1. The lowest BCUT2D eigenvalue weighted by molar-refractivity contribution is 0.0700. The molecule has 0 fully saturated rings. The first-order chi connectivity index (χ1) is 16.0. The first-order valence-corrected chi connectivity index (χ1v) is 10.1. The molecule has 5 rings (SSSR count). The Balaban J connectivity index is 0.00000171. The van der Waals surface area contributed by atoms with Crippen LogP contribution in [-0.4, -0.2) is 45.4 Å². The van der Waals surface area contributed by atoms with E-state index >= 15 is 0 Å². The van der Waals surface area contributed by atoms with Crippen LogP contribution in [0.3, 0.4) is 0 Å². The number of hydrogen-bond acceptors (Lipinski definition) is 6. The zero-order valence-corrected chi connectivity index (χ0v) is 17.2. The van der Waals surface area contributed by atoms with Gasteiger partial charge in [0.05, 0.1) is 5.69 Å². The van der Waals surface area contributed by atoms with E-state index in [0.717, 1.165) is 6.07 Å². The molecule has 3 aromatic rings. The number of carbonyl (C=O) groups excluding carboxylic acids is 1. The van der Waals surface area contributed by atoms with E-state index in [2.05, 4.69) is 4.98 Å². The van der Waals surface area contributed by atoms with E-state index in [9.17, 15) is 23.5 Å². The van der Waals surface area contributed by atoms with Gasteiger partial charge in [-0.25, -0.2) is 9.37 Å². The molecule has 2 bridgehead atoms. The average molecular weight is 485 g/mol. The summed E-state index contributed by atoms with van der Waals surface area (Å²) in [6.07, 6.45) is 4.65. The normalized spacial score (nSPS) is 17.5. The minimum absolute atomic E-state index is 0. The Morgan fingerprint density at radius 3 is 2.57 bits per heavy atom. The van der Waals surface area contributed by atoms with Crippen LogP contribution < -0.4 is 15.2 Å². The van der Waals surface area contributed by atoms with Crippen LogP contribution >= 0.6 is 0 Å². The second-order valence-corrected chi connectivity index (χ2v) is 7.56. The number of amides is 1. The first-order valence-electron chi connectivity index (χ1n) is 10.1. The minimum Gasteiger partial charge on any atom is -0.502 e. The summed E-state index contributed by atoms with van der Waals surface area (Å²) in [5.41, 5.74) is -0.411. The molecule has 35 heavy (non-hydrogen) atoms. The number of benzene rings is 1. The maximum Gasteiger partial charge on any atom is 0.278 e. The van der Waals surface area contributed by atoms with Crippen molar-refractivity contribution in [2.45, 2.75) is 20.9 Å². The lowest BCUT2D eigenvalue weighted by atomic mass is 10.0. The molecule has 0 aliphatic carbocycles. The van der Waals surface area contributed by atoms with Gasteiger partial charge in [0.2, 0.25) is 11.4 Å². The van der Waals surface area contributed by atoms with Crippen LogP contribution in [0.15, 0.2) is 65.6 Å². The van der Waals surface area contributed by atoms with Crippen molar-refractivity contribution in [3.8, 4) is 11.5 Å². The third-order valence-corrected chi connectivity index (χ3v) is 5.56. The maximum absolute atomic E-state index is 14.9. The number of carbonyl (C=O) groups is 1. The van der Waals surface area contributed by atoms with Gasteiger partial charge < -0.3 is 14.7 Å². The SMILES string of the molecule is C.C.O=C1c2c(O)c(=O)ccn2N2CN1C/C=C\COc1c(F)cccc1[C@@H]2c1cccc(F)n1. The molecule has 4 heterocycles. The summed E-state index contributed by atoms with van der Waals surface area (Å²) in [5, 5.41) is 12.1. The van der Waals surface area contributed by atoms with Gasteiger partial charge in [0.15, 0.2) is 23.0 Å². The van der Waals surface area contributed by atoms with Gasteiger partial charge in [-0.3, -0.25) is 19.3 Å². The molecular weight excluding hydrogens is 458 g/mol. The van der Waals surface area contributed by atoms with Crippen LogP contribution in [0.5, 0.6) is 11.5 Å². The molecule has 2 aliphatic rings. The highest BCUT2D eigenvalue weighted by molar-refractivity contribution is 5.96. The van der Waals surface area contributed by atoms with Crippen molar-refractivity contribution in [1.29, 1.82) is 0 Å². The summed E-state index contributed by atoms with van der Waals surface area (Å²) in [4.78, 5) is 30.7. The molecule has 10 heteroatoms. The summed E-state index contributed by atoms with van der Waals surface area (Å²) < 4.78 is 36.1. The smallest absolute Gasteiger partial charge is 0.278 e. The van der Waals surface area contributed by atoms with Crippen molar-refractivity contribution in [1.82, 2.24) is 14.6 Å². The average Bonchev–Trinajstić information content (AvgIpc) is 2.82. The van der Waals surface area contributed by atoms with Crippen molar-refractivity contribution in [3.05, 3.63) is 99.8 Å². The Hall–Kier alpha value is -4.21. The summed E-state index contributed by atoms with van der Waals surface area (Å²) in [6, 6.07) is 8.79. The van der Waals surface area contributed by atoms with E-state index in [1.165, 1.54) is 40.0 Å². The fourth-order valence-electron chi connectivity index (χ4n) is 4.08. The van der Waals surface area contributed by atoms with Crippen LogP contribution in [0.1, 0.15) is 42.6 Å². The predicted octanol–water partition coefficient (Wildman–Crippen LogP) is 3.59. The number of para-hydroxylation sites is 1. The zero-order valence-electron chi connectivity index (χ0n) is 17.2. The van der Waals surface area contributed by atoms with E-state index < -0.39 is 34.9 Å². The lowest BCUT2D eigenvalue weighted by Crippen LogP contribution is -2.55. The summed E-state index contributed by atoms with van der Waals surface area (Å²) >= 11 is 0. The highest BCUT2D eigenvalue weighted by Gasteiger charge is 2.38. The number of hydrogen-bond donors (Lipinski definition) is 1. The molecule has 1 aromatic carbocycles. The summed E-state index contributed by atoms with van der Waals surface area (Å²) in [5.74, 6) is -2.67. The van der Waals surface area contributed by atoms with Crippen molar-refractivity contribution < 1.29 is 23.4 Å². The third-order valence-electron chi connectivity index (χ3n) is 5.56. The van der Waals surface area contributed by atoms with Gasteiger partial charge in [-0.05, 0) is 24.3 Å². The number of fused-ring (bicyclic) bond motifs is 5. The molecule has 1 N–H and O–H groups in total. The Labute approximate surface area is 201 Å². The second kappa shape index (κ2) is 9.96. The van der Waals surface area contributed by atoms with Crippen molar-refractivity contribution >= 4 is 5.91 Å². The van der Waals surface area contributed by atoms with Gasteiger partial charge in [-0.15, -0.1) is 0 Å². The van der Waals surface area contributed by atoms with Crippen molar-refractivity contribution in [3.63, 3.8) is 0 Å². The summed E-state index contributed by atoms with van der Waals surface area (Å²) in [6.45, 7) is 0.163. The number of aromatic nitrogens is 2. The largest absolute Gasteiger partial charge is 0.502 e. The van der Waals surface area contributed by atoms with E-state index in [4.69, 9.17) is 4.74 Å². The van der Waals surface area contributed by atoms with Crippen LogP contribution in [-0.2, 0) is 0 Å². The van der Waals surface area contributed by atoms with E-state index in [1.807, 2.05) is 0 Å². The van der Waals surface area contributed by atoms with Crippen molar-refractivity contribution in [2.75, 3.05) is 24.8 Å². The van der Waals surface area contributed by atoms with Gasteiger partial charge in [0, 0.05) is 24.4 Å². The second-order valence-electron chi connectivity index (χ2n) is 7.56. The monoisotopic (exact) mass is 484 g/mol. The van der Waals surface area contributed by atoms with E-state index in [1.54, 1.807) is 29.3 Å². The van der Waals surface area contributed by atoms with Crippen LogP contribution in [0.25, 0.3) is 0 Å². The van der Waals surface area contributed by atoms with E-state index in [-0.39, 0.29) is 51.8 Å². The topological polar surface area (TPSA) is 87.9 Å². The number of ether oxygens (including phenoxy) is 1. The molecule has 1 atom stereocenters. The van der Waals surface area contributed by atoms with Gasteiger partial charge in [0.25, 0.3) is 5.91 Å². The number of nitrogens with zero attached hydrogens (tertiary/aromatic N) is 4. The van der Waals surface area contributed by atoms with Gasteiger partial charge in [-0.2, -0.15) is 4.39 Å². The Morgan fingerprint density at radius 1 is 1.03 bits per heavy atom. The molecule has 0 saturated heterocycles. The Morgan fingerprint density at radius 2 is 1.80 bits per heavy atom. The highest BCUT2D eigenvalue weighted by atomic mass is 19.1. The molecule has 0 saturated carbocycles. The first kappa shape index (κ1) is 25.4. The molecule has 0 radical (unpaired) electrons. The molecule has 0 unspecified atom stereocenters. The molecule has 1 amide bonds. The number of halogens is 2. The third kappa shape index (κ3) is 4.34. The zero-order chi connectivity index (χ0) is 23.1. The fraction of sp³-hybridized carbons (Fsp3) is 0.240. The Bertz CT molecular complexity index is 1340. The molecule has 8 nitrogen and oxygen atoms in total. The highest BCUT2D eigenvalue weighted by Crippen LogP contribution is 2.37. The summed E-state index contributed by atoms with van der Waals surface area (Å²) in [7, 11) is 0. The lowest BCUT2D eigenvalue weighted by Gasteiger charge is -2.43. The fourth-order valence-corrected chi connectivity index (χ4v) is 4.08. The van der Waals surface area contributed by atoms with Gasteiger partial charge >= 0.3 is 0 Å². The Kier molecular flexibility index (Phi) is 7.23. The van der Waals surface area contributed by atoms with E-state index in [0.29, 0.717) is 5.56 Å². The molecular formula is C25H26F2N4O4. The predicted molar refractivity (Wildman–Crippen MR) is 127 cm³/mol. The van der Waals surface area contributed by atoms with Crippen LogP contribution in [0, 0.1) is 11.8 Å². The van der Waals surface area contributed by atoms with Crippen LogP contribution in [0.2, 0.25) is 0 Å². The molecule has 2 aliphatic heterocycles. The minimum atomic E-state index is -0.930. The quantitative estimate of drug-likeness (QED) is 0.420. The maximum atomic E-state index is 14.9. The number of rotatable bonds is 1. The molecule has 184 valence electrons. The van der Waals surface area contributed by atoms with Gasteiger partial charge in [-0.1, -0.05) is 39.1 Å². The molecule has 0 spiro atoms. The van der Waals surface area contributed by atoms with Crippen LogP contribution in [0.4, 0.5) is 8.78 Å².